The van der Waals surface area contributed by atoms with Crippen LogP contribution in [0.2, 0.25) is 0 Å². The second kappa shape index (κ2) is 7.43. The van der Waals surface area contributed by atoms with Crippen LogP contribution in [-0.2, 0) is 14.3 Å². The van der Waals surface area contributed by atoms with Crippen LogP contribution >= 0.6 is 0 Å². The van der Waals surface area contributed by atoms with Crippen LogP contribution in [0.5, 0.6) is 0 Å². The summed E-state index contributed by atoms with van der Waals surface area (Å²) in [6.45, 7) is 1.76. The van der Waals surface area contributed by atoms with Gasteiger partial charge in [0.2, 0.25) is 0 Å². The van der Waals surface area contributed by atoms with Gasteiger partial charge < -0.3 is 9.47 Å². The van der Waals surface area contributed by atoms with E-state index in [-0.39, 0.29) is 24.6 Å². The summed E-state index contributed by atoms with van der Waals surface area (Å²) in [5.74, 6) is -0.809. The quantitative estimate of drug-likeness (QED) is 0.590. The van der Waals surface area contributed by atoms with Gasteiger partial charge in [-0.05, 0) is 31.0 Å². The summed E-state index contributed by atoms with van der Waals surface area (Å²) in [4.78, 5) is 34.4. The molecule has 1 aromatic carbocycles. The van der Waals surface area contributed by atoms with Gasteiger partial charge in [0.05, 0.1) is 19.8 Å². The third kappa shape index (κ3) is 4.19. The van der Waals surface area contributed by atoms with Crippen LogP contribution in [0.1, 0.15) is 45.5 Å². The first-order valence-corrected chi connectivity index (χ1v) is 6.28. The van der Waals surface area contributed by atoms with E-state index in [4.69, 9.17) is 0 Å². The number of hydrogen-bond acceptors (Lipinski definition) is 5. The van der Waals surface area contributed by atoms with Crippen molar-refractivity contribution in [1.82, 2.24) is 0 Å². The van der Waals surface area contributed by atoms with Crippen molar-refractivity contribution < 1.29 is 23.9 Å². The molecule has 0 unspecified atom stereocenters. The smallest absolute Gasteiger partial charge is 0.337 e. The highest BCUT2D eigenvalue weighted by atomic mass is 16.5. The Labute approximate surface area is 117 Å². The highest BCUT2D eigenvalue weighted by Crippen LogP contribution is 2.15. The first kappa shape index (κ1) is 15.9. The molecule has 5 nitrogen and oxygen atoms in total. The maximum atomic E-state index is 12.0. The van der Waals surface area contributed by atoms with Gasteiger partial charge in [-0.15, -0.1) is 0 Å². The molecule has 0 bridgehead atoms. The van der Waals surface area contributed by atoms with Crippen LogP contribution in [-0.4, -0.2) is 31.9 Å². The molecule has 0 saturated carbocycles. The Kier molecular flexibility index (Phi) is 5.90. The van der Waals surface area contributed by atoms with Gasteiger partial charge in [-0.1, -0.05) is 6.07 Å². The first-order valence-electron chi connectivity index (χ1n) is 6.28. The Morgan fingerprint density at radius 1 is 1.05 bits per heavy atom. The van der Waals surface area contributed by atoms with Crippen molar-refractivity contribution in [3.8, 4) is 0 Å². The molecule has 0 N–H and O–H groups in total. The predicted octanol–water partition coefficient (Wildman–Crippen LogP) is 2.31. The number of aryl methyl sites for hydroxylation is 1. The van der Waals surface area contributed by atoms with Crippen molar-refractivity contribution in [3.05, 3.63) is 34.9 Å². The van der Waals surface area contributed by atoms with Gasteiger partial charge in [0.15, 0.2) is 5.78 Å². The average Bonchev–Trinajstić information content (AvgIpc) is 2.45. The first-order chi connectivity index (χ1) is 9.49. The van der Waals surface area contributed by atoms with Crippen LogP contribution in [0.25, 0.3) is 0 Å². The van der Waals surface area contributed by atoms with E-state index < -0.39 is 5.97 Å². The molecule has 0 fully saturated rings. The van der Waals surface area contributed by atoms with Gasteiger partial charge in [-0.3, -0.25) is 9.59 Å². The van der Waals surface area contributed by atoms with Crippen LogP contribution < -0.4 is 0 Å². The average molecular weight is 278 g/mol. The van der Waals surface area contributed by atoms with Gasteiger partial charge in [-0.25, -0.2) is 4.79 Å². The Morgan fingerprint density at radius 2 is 1.75 bits per heavy atom. The van der Waals surface area contributed by atoms with E-state index in [1.165, 1.54) is 14.2 Å². The summed E-state index contributed by atoms with van der Waals surface area (Å²) in [6, 6.07) is 4.80. The molecule has 0 aliphatic heterocycles. The molecule has 0 heterocycles. The molecule has 1 aromatic rings. The second-order valence-electron chi connectivity index (χ2n) is 4.37. The fraction of sp³-hybridized carbons (Fsp3) is 0.400. The fourth-order valence-electron chi connectivity index (χ4n) is 1.85. The third-order valence-corrected chi connectivity index (χ3v) is 2.96. The van der Waals surface area contributed by atoms with E-state index >= 15 is 0 Å². The van der Waals surface area contributed by atoms with Crippen LogP contribution in [0.15, 0.2) is 18.2 Å². The molecule has 0 aliphatic carbocycles. The zero-order valence-corrected chi connectivity index (χ0v) is 11.9. The molecular weight excluding hydrogens is 260 g/mol. The molecule has 5 heteroatoms. The van der Waals surface area contributed by atoms with E-state index in [1.807, 2.05) is 0 Å². The van der Waals surface area contributed by atoms with Gasteiger partial charge in [0.25, 0.3) is 0 Å². The van der Waals surface area contributed by atoms with Crippen molar-refractivity contribution in [3.63, 3.8) is 0 Å². The number of carbonyl (C=O) groups is 3. The third-order valence-electron chi connectivity index (χ3n) is 2.96. The molecule has 0 spiro atoms. The number of hydrogen-bond donors (Lipinski definition) is 0. The SMILES string of the molecule is COC(=O)CCCC(=O)c1ccc(C(=O)OC)cc1C. The summed E-state index contributed by atoms with van der Waals surface area (Å²) >= 11 is 0. The predicted molar refractivity (Wildman–Crippen MR) is 72.7 cm³/mol. The van der Waals surface area contributed by atoms with Gasteiger partial charge >= 0.3 is 11.9 Å². The van der Waals surface area contributed by atoms with E-state index in [0.29, 0.717) is 17.5 Å². The largest absolute Gasteiger partial charge is 0.469 e. The van der Waals surface area contributed by atoms with Crippen molar-refractivity contribution in [2.75, 3.05) is 14.2 Å². The molecule has 0 atom stereocenters. The fourth-order valence-corrected chi connectivity index (χ4v) is 1.85. The second-order valence-corrected chi connectivity index (χ2v) is 4.37. The van der Waals surface area contributed by atoms with Crippen molar-refractivity contribution in [1.29, 1.82) is 0 Å². The van der Waals surface area contributed by atoms with Crippen molar-refractivity contribution >= 4 is 17.7 Å². The monoisotopic (exact) mass is 278 g/mol. The number of rotatable bonds is 6. The van der Waals surface area contributed by atoms with Crippen LogP contribution in [0, 0.1) is 6.92 Å². The minimum atomic E-state index is -0.433. The van der Waals surface area contributed by atoms with Gasteiger partial charge in [0, 0.05) is 18.4 Å². The Hall–Kier alpha value is -2.17. The molecule has 0 amide bonds. The van der Waals surface area contributed by atoms with E-state index in [2.05, 4.69) is 9.47 Å². The summed E-state index contributed by atoms with van der Waals surface area (Å²) in [7, 11) is 2.63. The van der Waals surface area contributed by atoms with E-state index in [1.54, 1.807) is 25.1 Å². The Bertz CT molecular complexity index is 519. The number of methoxy groups -OCH3 is 2. The van der Waals surface area contributed by atoms with Crippen LogP contribution in [0.4, 0.5) is 0 Å². The minimum absolute atomic E-state index is 0.0529. The van der Waals surface area contributed by atoms with Gasteiger partial charge in [-0.2, -0.15) is 0 Å². The van der Waals surface area contributed by atoms with Crippen LogP contribution in [0.3, 0.4) is 0 Å². The number of Topliss-reactive ketones (excluding diaryl/α,β-unsaturated/α-hetero) is 1. The molecular formula is C15H18O5. The zero-order chi connectivity index (χ0) is 15.1. The van der Waals surface area contributed by atoms with Gasteiger partial charge in [0.1, 0.15) is 0 Å². The normalized spacial score (nSPS) is 9.95. The minimum Gasteiger partial charge on any atom is -0.469 e. The Morgan fingerprint density at radius 3 is 2.30 bits per heavy atom. The number of esters is 2. The lowest BCUT2D eigenvalue weighted by Gasteiger charge is -2.07. The summed E-state index contributed by atoms with van der Waals surface area (Å²) in [5.41, 5.74) is 1.69. The molecule has 0 aliphatic rings. The zero-order valence-electron chi connectivity index (χ0n) is 11.9. The lowest BCUT2D eigenvalue weighted by Crippen LogP contribution is -2.07. The lowest BCUT2D eigenvalue weighted by atomic mass is 9.98. The maximum absolute atomic E-state index is 12.0. The number of ketones is 1. The molecule has 0 saturated heterocycles. The molecule has 108 valence electrons. The summed E-state index contributed by atoms with van der Waals surface area (Å²) < 4.78 is 9.13. The standard InChI is InChI=1S/C15H18O5/c1-10-9-11(15(18)20-3)7-8-12(10)13(16)5-4-6-14(17)19-2/h7-9H,4-6H2,1-3H3. The van der Waals surface area contributed by atoms with Crippen molar-refractivity contribution in [2.24, 2.45) is 0 Å². The molecule has 0 aromatic heterocycles. The summed E-state index contributed by atoms with van der Waals surface area (Å²) in [5, 5.41) is 0. The number of benzene rings is 1. The molecule has 20 heavy (non-hydrogen) atoms. The highest BCUT2D eigenvalue weighted by molar-refractivity contribution is 5.99. The van der Waals surface area contributed by atoms with E-state index in [9.17, 15) is 14.4 Å². The highest BCUT2D eigenvalue weighted by Gasteiger charge is 2.13. The Balaban J connectivity index is 2.69. The topological polar surface area (TPSA) is 69.7 Å². The summed E-state index contributed by atoms with van der Waals surface area (Å²) in [6.07, 6.45) is 0.943. The lowest BCUT2D eigenvalue weighted by molar-refractivity contribution is -0.140. The van der Waals surface area contributed by atoms with E-state index in [0.717, 1.165) is 5.56 Å². The number of carbonyl (C=O) groups excluding carboxylic acids is 3. The number of ether oxygens (including phenoxy) is 2. The van der Waals surface area contributed by atoms with Crippen molar-refractivity contribution in [2.45, 2.75) is 26.2 Å². The molecule has 1 rings (SSSR count). The molecule has 0 radical (unpaired) electrons. The maximum Gasteiger partial charge on any atom is 0.337 e.